The van der Waals surface area contributed by atoms with Gasteiger partial charge in [0.15, 0.2) is 0 Å². The normalized spacial score (nSPS) is 16.0. The minimum absolute atomic E-state index is 0.0378. The molecule has 1 rings (SSSR count). The first-order valence-electron chi connectivity index (χ1n) is 7.58. The van der Waals surface area contributed by atoms with Crippen LogP contribution in [0.1, 0.15) is 39.7 Å². The van der Waals surface area contributed by atoms with Gasteiger partial charge in [0.2, 0.25) is 0 Å². The molecule has 0 fully saturated rings. The zero-order chi connectivity index (χ0) is 16.0. The van der Waals surface area contributed by atoms with Gasteiger partial charge in [0, 0.05) is 11.6 Å². The summed E-state index contributed by atoms with van der Waals surface area (Å²) in [5, 5.41) is 1.21. The Hall–Kier alpha value is -0.320. The first-order chi connectivity index (χ1) is 9.94. The number of hydrogen-bond donors (Lipinski definition) is 2. The molecule has 0 bridgehead atoms. The highest BCUT2D eigenvalue weighted by atomic mass is 35.5. The number of benzene rings is 1. The maximum atomic E-state index is 6.32. The number of nitrogens with two attached hydrogens (primary N) is 1. The van der Waals surface area contributed by atoms with Crippen LogP contribution in [0.25, 0.3) is 0 Å². The zero-order valence-corrected chi connectivity index (χ0v) is 14.9. The van der Waals surface area contributed by atoms with E-state index in [1.165, 1.54) is 0 Å². The van der Waals surface area contributed by atoms with Crippen molar-refractivity contribution < 1.29 is 0 Å². The van der Waals surface area contributed by atoms with E-state index in [-0.39, 0.29) is 11.6 Å². The molecular weight excluding hydrogens is 305 g/mol. The van der Waals surface area contributed by atoms with Gasteiger partial charge in [-0.25, -0.2) is 0 Å². The third kappa shape index (κ3) is 4.11. The van der Waals surface area contributed by atoms with E-state index in [9.17, 15) is 0 Å². The van der Waals surface area contributed by atoms with Crippen LogP contribution in [0.4, 0.5) is 0 Å². The Morgan fingerprint density at radius 3 is 2.33 bits per heavy atom. The van der Waals surface area contributed by atoms with Crippen LogP contribution < -0.4 is 11.3 Å². The summed E-state index contributed by atoms with van der Waals surface area (Å²) in [5.74, 6) is 5.86. The second kappa shape index (κ2) is 8.35. The fourth-order valence-corrected chi connectivity index (χ4v) is 3.42. The molecule has 0 aliphatic carbocycles. The standard InChI is InChI=1S/C16H27Cl2N3/c1-5-16(4,21(6-2)7-3)14(20-19)11-12-9-8-10-13(17)15(12)18/h8-10,14,20H,5-7,11,19H2,1-4H3. The summed E-state index contributed by atoms with van der Waals surface area (Å²) in [7, 11) is 0. The van der Waals surface area contributed by atoms with Crippen LogP contribution in [0.2, 0.25) is 10.0 Å². The fourth-order valence-electron chi connectivity index (χ4n) is 3.02. The van der Waals surface area contributed by atoms with Gasteiger partial charge in [-0.15, -0.1) is 0 Å². The number of nitrogens with zero attached hydrogens (tertiary/aromatic N) is 1. The van der Waals surface area contributed by atoms with Gasteiger partial charge in [-0.2, -0.15) is 0 Å². The molecule has 0 spiro atoms. The molecule has 2 atom stereocenters. The number of likely N-dealkylation sites (N-methyl/N-ethyl adjacent to an activating group) is 1. The molecule has 0 amide bonds. The fraction of sp³-hybridized carbons (Fsp3) is 0.625. The smallest absolute Gasteiger partial charge is 0.0624 e. The number of nitrogens with one attached hydrogen (secondary N) is 1. The highest BCUT2D eigenvalue weighted by molar-refractivity contribution is 6.42. The second-order valence-corrected chi connectivity index (χ2v) is 6.30. The van der Waals surface area contributed by atoms with Crippen molar-refractivity contribution in [2.24, 2.45) is 5.84 Å². The van der Waals surface area contributed by atoms with Gasteiger partial charge < -0.3 is 0 Å². The van der Waals surface area contributed by atoms with Gasteiger partial charge in [0.25, 0.3) is 0 Å². The van der Waals surface area contributed by atoms with Crippen LogP contribution in [0.5, 0.6) is 0 Å². The van der Waals surface area contributed by atoms with Crippen LogP contribution >= 0.6 is 23.2 Å². The van der Waals surface area contributed by atoms with Crippen molar-refractivity contribution >= 4 is 23.2 Å². The lowest BCUT2D eigenvalue weighted by atomic mass is 9.83. The third-order valence-corrected chi connectivity index (χ3v) is 5.47. The molecule has 1 aromatic rings. The van der Waals surface area contributed by atoms with Crippen LogP contribution in [0, 0.1) is 0 Å². The minimum atomic E-state index is -0.0378. The van der Waals surface area contributed by atoms with Crippen LogP contribution in [0.15, 0.2) is 18.2 Å². The average molecular weight is 332 g/mol. The lowest BCUT2D eigenvalue weighted by Gasteiger charge is -2.45. The number of rotatable bonds is 8. The van der Waals surface area contributed by atoms with E-state index in [0.29, 0.717) is 10.0 Å². The molecule has 1 aromatic carbocycles. The summed E-state index contributed by atoms with van der Waals surface area (Å²) in [6.07, 6.45) is 1.75. The third-order valence-electron chi connectivity index (χ3n) is 4.61. The maximum absolute atomic E-state index is 6.32. The summed E-state index contributed by atoms with van der Waals surface area (Å²) in [4.78, 5) is 2.44. The van der Waals surface area contributed by atoms with Gasteiger partial charge in [-0.3, -0.25) is 16.2 Å². The molecule has 3 N–H and O–H groups in total. The largest absolute Gasteiger partial charge is 0.297 e. The molecular formula is C16H27Cl2N3. The van der Waals surface area contributed by atoms with Gasteiger partial charge >= 0.3 is 0 Å². The molecule has 3 nitrogen and oxygen atoms in total. The molecule has 0 aliphatic rings. The monoisotopic (exact) mass is 331 g/mol. The summed E-state index contributed by atoms with van der Waals surface area (Å²) >= 11 is 12.4. The average Bonchev–Trinajstić information content (AvgIpc) is 2.49. The van der Waals surface area contributed by atoms with Gasteiger partial charge in [-0.1, -0.05) is 56.1 Å². The second-order valence-electron chi connectivity index (χ2n) is 5.52. The Morgan fingerprint density at radius 2 is 1.86 bits per heavy atom. The minimum Gasteiger partial charge on any atom is -0.297 e. The lowest BCUT2D eigenvalue weighted by Crippen LogP contribution is -2.61. The molecule has 0 heterocycles. The van der Waals surface area contributed by atoms with Crippen molar-refractivity contribution in [3.05, 3.63) is 33.8 Å². The number of halogens is 2. The predicted octanol–water partition coefficient (Wildman–Crippen LogP) is 3.88. The van der Waals surface area contributed by atoms with E-state index in [4.69, 9.17) is 29.0 Å². The molecule has 0 saturated carbocycles. The van der Waals surface area contributed by atoms with E-state index in [1.807, 2.05) is 18.2 Å². The van der Waals surface area contributed by atoms with E-state index in [1.54, 1.807) is 0 Å². The van der Waals surface area contributed by atoms with Crippen LogP contribution in [-0.4, -0.2) is 29.6 Å². The summed E-state index contributed by atoms with van der Waals surface area (Å²) in [6.45, 7) is 10.8. The number of hydrogen-bond acceptors (Lipinski definition) is 3. The Labute approximate surface area is 138 Å². The Balaban J connectivity index is 3.08. The highest BCUT2D eigenvalue weighted by Crippen LogP contribution is 2.30. The highest BCUT2D eigenvalue weighted by Gasteiger charge is 2.36. The molecule has 21 heavy (non-hydrogen) atoms. The molecule has 5 heteroatoms. The van der Waals surface area contributed by atoms with Gasteiger partial charge in [-0.05, 0) is 44.5 Å². The van der Waals surface area contributed by atoms with E-state index in [0.717, 1.165) is 31.5 Å². The zero-order valence-electron chi connectivity index (χ0n) is 13.4. The van der Waals surface area contributed by atoms with Crippen molar-refractivity contribution in [3.63, 3.8) is 0 Å². The SMILES string of the molecule is CCN(CC)C(C)(CC)C(Cc1cccc(Cl)c1Cl)NN. The molecule has 0 aliphatic heterocycles. The Morgan fingerprint density at radius 1 is 1.24 bits per heavy atom. The van der Waals surface area contributed by atoms with Crippen molar-refractivity contribution in [1.82, 2.24) is 10.3 Å². The maximum Gasteiger partial charge on any atom is 0.0624 e. The van der Waals surface area contributed by atoms with Crippen molar-refractivity contribution in [1.29, 1.82) is 0 Å². The lowest BCUT2D eigenvalue weighted by molar-refractivity contribution is 0.0701. The van der Waals surface area contributed by atoms with E-state index in [2.05, 4.69) is 38.0 Å². The topological polar surface area (TPSA) is 41.3 Å². The molecule has 0 aromatic heterocycles. The summed E-state index contributed by atoms with van der Waals surface area (Å²) < 4.78 is 0. The molecule has 2 unspecified atom stereocenters. The molecule has 120 valence electrons. The first kappa shape index (κ1) is 18.7. The van der Waals surface area contributed by atoms with Crippen LogP contribution in [-0.2, 0) is 6.42 Å². The van der Waals surface area contributed by atoms with E-state index >= 15 is 0 Å². The quantitative estimate of drug-likeness (QED) is 0.561. The van der Waals surface area contributed by atoms with Crippen molar-refractivity contribution in [2.45, 2.75) is 52.1 Å². The van der Waals surface area contributed by atoms with Gasteiger partial charge in [0.1, 0.15) is 0 Å². The van der Waals surface area contributed by atoms with Crippen LogP contribution in [0.3, 0.4) is 0 Å². The Bertz CT molecular complexity index is 449. The van der Waals surface area contributed by atoms with Crippen molar-refractivity contribution in [3.8, 4) is 0 Å². The number of hydrazine groups is 1. The first-order valence-corrected chi connectivity index (χ1v) is 8.34. The van der Waals surface area contributed by atoms with Crippen molar-refractivity contribution in [2.75, 3.05) is 13.1 Å². The summed E-state index contributed by atoms with van der Waals surface area (Å²) in [5.41, 5.74) is 3.98. The Kier molecular flexibility index (Phi) is 7.45. The van der Waals surface area contributed by atoms with E-state index < -0.39 is 0 Å². The predicted molar refractivity (Wildman–Crippen MR) is 92.9 cm³/mol. The summed E-state index contributed by atoms with van der Waals surface area (Å²) in [6, 6.07) is 5.84. The molecule has 0 saturated heterocycles. The molecule has 0 radical (unpaired) electrons. The van der Waals surface area contributed by atoms with Gasteiger partial charge in [0.05, 0.1) is 10.0 Å².